The molecule has 1 aliphatic heterocycles. The van der Waals surface area contributed by atoms with Gasteiger partial charge < -0.3 is 20.3 Å². The maximum absolute atomic E-state index is 12.8. The highest BCUT2D eigenvalue weighted by atomic mass is 16.5. The Balaban J connectivity index is 1.53. The van der Waals surface area contributed by atoms with Crippen molar-refractivity contribution in [1.82, 2.24) is 4.90 Å². The lowest BCUT2D eigenvalue weighted by atomic mass is 9.98. The molecule has 6 nitrogen and oxygen atoms in total. The maximum Gasteiger partial charge on any atom is 0.253 e. The molecule has 1 saturated heterocycles. The first kappa shape index (κ1) is 21.7. The standard InChI is InChI=1S/C24H31N3O3/c1-3-14-30-22-9-5-7-20(16-22)25-17-23(28)26-21-8-4-6-19(15-21)24(29)27-12-10-18(2)11-13-27/h4-9,15-16,18,25H,3,10-14,17H2,1-2H3,(H,26,28). The molecule has 160 valence electrons. The summed E-state index contributed by atoms with van der Waals surface area (Å²) >= 11 is 0. The van der Waals surface area contributed by atoms with Crippen LogP contribution in [0.25, 0.3) is 0 Å². The molecule has 0 aliphatic carbocycles. The first-order valence-electron chi connectivity index (χ1n) is 10.7. The van der Waals surface area contributed by atoms with Crippen LogP contribution in [-0.2, 0) is 4.79 Å². The van der Waals surface area contributed by atoms with E-state index >= 15 is 0 Å². The molecular formula is C24H31N3O3. The fraction of sp³-hybridized carbons (Fsp3) is 0.417. The van der Waals surface area contributed by atoms with Gasteiger partial charge in [0.25, 0.3) is 5.91 Å². The number of ether oxygens (including phenoxy) is 1. The number of amides is 2. The van der Waals surface area contributed by atoms with Crippen LogP contribution in [0, 0.1) is 5.92 Å². The number of hydrogen-bond acceptors (Lipinski definition) is 4. The fourth-order valence-electron chi connectivity index (χ4n) is 3.43. The lowest BCUT2D eigenvalue weighted by molar-refractivity contribution is -0.114. The van der Waals surface area contributed by atoms with E-state index < -0.39 is 0 Å². The van der Waals surface area contributed by atoms with Crippen molar-refractivity contribution in [1.29, 1.82) is 0 Å². The Labute approximate surface area is 178 Å². The first-order valence-corrected chi connectivity index (χ1v) is 10.7. The number of hydrogen-bond donors (Lipinski definition) is 2. The fourth-order valence-corrected chi connectivity index (χ4v) is 3.43. The molecule has 0 bridgehead atoms. The third-order valence-electron chi connectivity index (χ3n) is 5.22. The third kappa shape index (κ3) is 6.24. The molecule has 2 N–H and O–H groups in total. The van der Waals surface area contributed by atoms with Gasteiger partial charge in [-0.05, 0) is 55.5 Å². The maximum atomic E-state index is 12.8. The summed E-state index contributed by atoms with van der Waals surface area (Å²) in [5.74, 6) is 1.30. The molecule has 30 heavy (non-hydrogen) atoms. The van der Waals surface area contributed by atoms with Gasteiger partial charge in [0.05, 0.1) is 13.2 Å². The van der Waals surface area contributed by atoms with E-state index in [4.69, 9.17) is 4.74 Å². The molecule has 2 aromatic rings. The molecule has 0 radical (unpaired) electrons. The smallest absolute Gasteiger partial charge is 0.253 e. The summed E-state index contributed by atoms with van der Waals surface area (Å²) in [6, 6.07) is 14.7. The highest BCUT2D eigenvalue weighted by Gasteiger charge is 2.21. The Morgan fingerprint density at radius 3 is 2.57 bits per heavy atom. The highest BCUT2D eigenvalue weighted by molar-refractivity contribution is 5.98. The van der Waals surface area contributed by atoms with Gasteiger partial charge in [0, 0.05) is 36.1 Å². The van der Waals surface area contributed by atoms with Gasteiger partial charge in [-0.1, -0.05) is 26.0 Å². The van der Waals surface area contributed by atoms with Crippen LogP contribution in [0.15, 0.2) is 48.5 Å². The Kier molecular flexibility index (Phi) is 7.71. The molecule has 6 heteroatoms. The summed E-state index contributed by atoms with van der Waals surface area (Å²) in [7, 11) is 0. The lowest BCUT2D eigenvalue weighted by Crippen LogP contribution is -2.37. The van der Waals surface area contributed by atoms with E-state index in [1.807, 2.05) is 29.2 Å². The minimum Gasteiger partial charge on any atom is -0.494 e. The zero-order chi connectivity index (χ0) is 21.3. The minimum atomic E-state index is -0.175. The van der Waals surface area contributed by atoms with Gasteiger partial charge >= 0.3 is 0 Å². The molecule has 2 amide bonds. The van der Waals surface area contributed by atoms with Gasteiger partial charge in [-0.3, -0.25) is 9.59 Å². The molecule has 3 rings (SSSR count). The monoisotopic (exact) mass is 409 g/mol. The van der Waals surface area contributed by atoms with Crippen LogP contribution in [0.3, 0.4) is 0 Å². The Morgan fingerprint density at radius 2 is 1.80 bits per heavy atom. The number of nitrogens with one attached hydrogen (secondary N) is 2. The average Bonchev–Trinajstić information content (AvgIpc) is 2.77. The van der Waals surface area contributed by atoms with Crippen molar-refractivity contribution in [2.24, 2.45) is 5.92 Å². The number of benzene rings is 2. The molecule has 0 atom stereocenters. The summed E-state index contributed by atoms with van der Waals surface area (Å²) in [6.45, 7) is 6.65. The van der Waals surface area contributed by atoms with Gasteiger partial charge in [0.15, 0.2) is 0 Å². The van der Waals surface area contributed by atoms with Gasteiger partial charge in [-0.25, -0.2) is 0 Å². The van der Waals surface area contributed by atoms with E-state index in [1.165, 1.54) is 0 Å². The summed E-state index contributed by atoms with van der Waals surface area (Å²) in [4.78, 5) is 27.0. The zero-order valence-electron chi connectivity index (χ0n) is 17.8. The average molecular weight is 410 g/mol. The summed E-state index contributed by atoms with van der Waals surface area (Å²) in [5, 5.41) is 5.97. The quantitative estimate of drug-likeness (QED) is 0.678. The normalized spacial score (nSPS) is 14.3. The predicted octanol–water partition coefficient (Wildman–Crippen LogP) is 4.40. The predicted molar refractivity (Wildman–Crippen MR) is 120 cm³/mol. The van der Waals surface area contributed by atoms with Gasteiger partial charge in [0.2, 0.25) is 5.91 Å². The number of piperidine rings is 1. The number of anilines is 2. The Bertz CT molecular complexity index is 860. The van der Waals surface area contributed by atoms with Crippen molar-refractivity contribution in [2.75, 3.05) is 36.9 Å². The van der Waals surface area contributed by atoms with Crippen LogP contribution in [0.1, 0.15) is 43.5 Å². The Morgan fingerprint density at radius 1 is 1.07 bits per heavy atom. The van der Waals surface area contributed by atoms with E-state index in [1.54, 1.807) is 24.3 Å². The van der Waals surface area contributed by atoms with Crippen LogP contribution in [0.2, 0.25) is 0 Å². The van der Waals surface area contributed by atoms with Crippen molar-refractivity contribution in [2.45, 2.75) is 33.1 Å². The van der Waals surface area contributed by atoms with Crippen LogP contribution >= 0.6 is 0 Å². The van der Waals surface area contributed by atoms with Crippen LogP contribution in [0.4, 0.5) is 11.4 Å². The lowest BCUT2D eigenvalue weighted by Gasteiger charge is -2.30. The van der Waals surface area contributed by atoms with E-state index in [0.29, 0.717) is 23.8 Å². The second-order valence-corrected chi connectivity index (χ2v) is 7.83. The van der Waals surface area contributed by atoms with Gasteiger partial charge in [0.1, 0.15) is 5.75 Å². The van der Waals surface area contributed by atoms with Crippen molar-refractivity contribution in [3.05, 3.63) is 54.1 Å². The molecule has 1 aliphatic rings. The molecule has 2 aromatic carbocycles. The molecular weight excluding hydrogens is 378 g/mol. The topological polar surface area (TPSA) is 70.7 Å². The third-order valence-corrected chi connectivity index (χ3v) is 5.22. The number of carbonyl (C=O) groups excluding carboxylic acids is 2. The number of nitrogens with zero attached hydrogens (tertiary/aromatic N) is 1. The summed E-state index contributed by atoms with van der Waals surface area (Å²) in [6.07, 6.45) is 3.02. The van der Waals surface area contributed by atoms with E-state index in [2.05, 4.69) is 24.5 Å². The largest absolute Gasteiger partial charge is 0.494 e. The second kappa shape index (κ2) is 10.7. The summed E-state index contributed by atoms with van der Waals surface area (Å²) < 4.78 is 5.61. The van der Waals surface area contributed by atoms with Gasteiger partial charge in [-0.2, -0.15) is 0 Å². The molecule has 0 unspecified atom stereocenters. The van der Waals surface area contributed by atoms with E-state index in [0.717, 1.165) is 43.8 Å². The highest BCUT2D eigenvalue weighted by Crippen LogP contribution is 2.20. The zero-order valence-corrected chi connectivity index (χ0v) is 17.8. The van der Waals surface area contributed by atoms with Crippen molar-refractivity contribution in [3.8, 4) is 5.75 Å². The molecule has 0 saturated carbocycles. The number of rotatable bonds is 8. The first-order chi connectivity index (χ1) is 14.5. The number of likely N-dealkylation sites (tertiary alicyclic amines) is 1. The van der Waals surface area contributed by atoms with Crippen molar-refractivity contribution >= 4 is 23.2 Å². The molecule has 0 spiro atoms. The van der Waals surface area contributed by atoms with Crippen LogP contribution in [0.5, 0.6) is 5.75 Å². The van der Waals surface area contributed by atoms with Crippen molar-refractivity contribution in [3.63, 3.8) is 0 Å². The molecule has 0 aromatic heterocycles. The van der Waals surface area contributed by atoms with Crippen LogP contribution in [-0.4, -0.2) is 43.0 Å². The number of carbonyl (C=O) groups is 2. The molecule has 1 heterocycles. The van der Waals surface area contributed by atoms with E-state index in [9.17, 15) is 9.59 Å². The molecule has 1 fully saturated rings. The second-order valence-electron chi connectivity index (χ2n) is 7.83. The van der Waals surface area contributed by atoms with Crippen LogP contribution < -0.4 is 15.4 Å². The SMILES string of the molecule is CCCOc1cccc(NCC(=O)Nc2cccc(C(=O)N3CCC(C)CC3)c2)c1. The summed E-state index contributed by atoms with van der Waals surface area (Å²) in [5.41, 5.74) is 2.05. The van der Waals surface area contributed by atoms with Gasteiger partial charge in [-0.15, -0.1) is 0 Å². The Hall–Kier alpha value is -3.02. The van der Waals surface area contributed by atoms with E-state index in [-0.39, 0.29) is 18.4 Å². The minimum absolute atomic E-state index is 0.0278. The van der Waals surface area contributed by atoms with Crippen molar-refractivity contribution < 1.29 is 14.3 Å².